The van der Waals surface area contributed by atoms with Gasteiger partial charge in [-0.15, -0.1) is 0 Å². The number of rotatable bonds is 5. The molecule has 0 saturated heterocycles. The summed E-state index contributed by atoms with van der Waals surface area (Å²) in [6.45, 7) is -4.71. The molecule has 0 heterocycles. The van der Waals surface area contributed by atoms with Crippen LogP contribution >= 0.6 is 11.6 Å². The Labute approximate surface area is 94.4 Å². The van der Waals surface area contributed by atoms with Crippen molar-refractivity contribution in [2.75, 3.05) is 13.2 Å². The Kier molecular flexibility index (Phi) is 5.41. The van der Waals surface area contributed by atoms with Crippen LogP contribution in [0, 0.1) is 0 Å². The summed E-state index contributed by atoms with van der Waals surface area (Å²) in [6, 6.07) is -4.33. The maximum atomic E-state index is 13.0. The van der Waals surface area contributed by atoms with Crippen molar-refractivity contribution in [2.24, 2.45) is 0 Å². The minimum atomic E-state index is -5.08. The molecule has 0 spiro atoms. The number of halogens is 9. The minimum Gasteiger partial charge on any atom is -0.311 e. The van der Waals surface area contributed by atoms with Crippen LogP contribution in [0.1, 0.15) is 0 Å². The smallest absolute Gasteiger partial charge is 0.311 e. The van der Waals surface area contributed by atoms with Gasteiger partial charge in [-0.05, 0) is 0 Å². The van der Waals surface area contributed by atoms with Crippen LogP contribution < -0.4 is 0 Å². The molecule has 0 fully saturated rings. The summed E-state index contributed by atoms with van der Waals surface area (Å²) in [5.41, 5.74) is -3.35. The van der Waals surface area contributed by atoms with Crippen LogP contribution in [0.4, 0.5) is 35.1 Å². The first-order valence-electron chi connectivity index (χ1n) is 3.74. The molecule has 0 aromatic rings. The van der Waals surface area contributed by atoms with Gasteiger partial charge in [0, 0.05) is 0 Å². The highest BCUT2D eigenvalue weighted by atomic mass is 35.5. The highest BCUT2D eigenvalue weighted by Gasteiger charge is 2.47. The van der Waals surface area contributed by atoms with E-state index in [9.17, 15) is 35.1 Å². The Balaban J connectivity index is 4.47. The van der Waals surface area contributed by atoms with Crippen LogP contribution in [-0.4, -0.2) is 37.2 Å². The maximum absolute atomic E-state index is 13.0. The van der Waals surface area contributed by atoms with Gasteiger partial charge in [-0.2, -0.15) is 30.7 Å². The third-order valence-corrected chi connectivity index (χ3v) is 1.39. The third kappa shape index (κ3) is 7.55. The minimum absolute atomic E-state index is 2.35. The Bertz CT molecular complexity index is 219. The summed E-state index contributed by atoms with van der Waals surface area (Å²) in [6.07, 6.45) is -10.2. The average Bonchev–Trinajstić information content (AvgIpc) is 2.09. The first-order valence-corrected chi connectivity index (χ1v) is 4.18. The van der Waals surface area contributed by atoms with Crippen LogP contribution in [0.15, 0.2) is 0 Å². The molecule has 0 aliphatic rings. The van der Waals surface area contributed by atoms with E-state index in [1.54, 1.807) is 0 Å². The van der Waals surface area contributed by atoms with Crippen molar-refractivity contribution >= 4 is 11.6 Å². The van der Waals surface area contributed by atoms with E-state index in [4.69, 9.17) is 0 Å². The molecule has 0 aliphatic heterocycles. The van der Waals surface area contributed by atoms with Gasteiger partial charge in [0.15, 0.2) is 0 Å². The van der Waals surface area contributed by atoms with Crippen molar-refractivity contribution in [3.63, 3.8) is 0 Å². The second kappa shape index (κ2) is 5.53. The Hall–Kier alpha value is -0.350. The third-order valence-electron chi connectivity index (χ3n) is 1.13. The zero-order valence-corrected chi connectivity index (χ0v) is 8.47. The van der Waals surface area contributed by atoms with Crippen molar-refractivity contribution < 1.29 is 44.6 Å². The van der Waals surface area contributed by atoms with Gasteiger partial charge < -0.3 is 9.47 Å². The summed E-state index contributed by atoms with van der Waals surface area (Å²) in [5.74, 6) is 0. The molecule has 0 N–H and O–H groups in total. The summed E-state index contributed by atoms with van der Waals surface area (Å²) >= 11 is 4.42. The van der Waals surface area contributed by atoms with E-state index in [-0.39, 0.29) is 0 Å². The fraction of sp³-hybridized carbons (Fsp3) is 1.00. The van der Waals surface area contributed by atoms with Crippen LogP contribution in [-0.2, 0) is 9.47 Å². The standard InChI is InChI=1S/C6H5ClF8O2/c7-3(8)6(15,16-1-4(9,10)11)17-2-5(12,13)14/h3H,1-2H2/t3-/m1/s1. The van der Waals surface area contributed by atoms with Gasteiger partial charge in [-0.25, -0.2) is 4.39 Å². The zero-order chi connectivity index (χ0) is 13.9. The van der Waals surface area contributed by atoms with Crippen LogP contribution in [0.25, 0.3) is 0 Å². The predicted octanol–water partition coefficient (Wildman–Crippen LogP) is 3.30. The molecule has 0 aromatic heterocycles. The highest BCUT2D eigenvalue weighted by Crippen LogP contribution is 2.30. The van der Waals surface area contributed by atoms with E-state index in [1.165, 1.54) is 0 Å². The SMILES string of the molecule is F[C@@H](Cl)C(F)(OCC(F)(F)F)OCC(F)(F)F. The molecule has 0 aliphatic carbocycles. The van der Waals surface area contributed by atoms with E-state index < -0.39 is 37.2 Å². The van der Waals surface area contributed by atoms with Crippen LogP contribution in [0.5, 0.6) is 0 Å². The molecule has 0 bridgehead atoms. The Morgan fingerprint density at radius 2 is 1.12 bits per heavy atom. The molecule has 17 heavy (non-hydrogen) atoms. The molecule has 0 amide bonds. The Morgan fingerprint density at radius 3 is 1.29 bits per heavy atom. The number of alkyl halides is 9. The second-order valence-corrected chi connectivity index (χ2v) is 3.07. The van der Waals surface area contributed by atoms with Crippen molar-refractivity contribution in [3.05, 3.63) is 0 Å². The largest absolute Gasteiger partial charge is 0.412 e. The number of hydrogen-bond acceptors (Lipinski definition) is 2. The van der Waals surface area contributed by atoms with Gasteiger partial charge in [0.2, 0.25) is 0 Å². The highest BCUT2D eigenvalue weighted by molar-refractivity contribution is 6.20. The van der Waals surface area contributed by atoms with Crippen molar-refractivity contribution in [1.29, 1.82) is 0 Å². The van der Waals surface area contributed by atoms with Crippen molar-refractivity contribution in [1.82, 2.24) is 0 Å². The monoisotopic (exact) mass is 296 g/mol. The lowest BCUT2D eigenvalue weighted by molar-refractivity contribution is -0.373. The van der Waals surface area contributed by atoms with Crippen LogP contribution in [0.3, 0.4) is 0 Å². The molecule has 104 valence electrons. The summed E-state index contributed by atoms with van der Waals surface area (Å²) in [5, 5.41) is 0. The second-order valence-electron chi connectivity index (χ2n) is 2.69. The number of ether oxygens (including phenoxy) is 2. The summed E-state index contributed by atoms with van der Waals surface area (Å²) in [7, 11) is 0. The molecule has 0 aromatic carbocycles. The quantitative estimate of drug-likeness (QED) is 0.440. The fourth-order valence-electron chi connectivity index (χ4n) is 0.528. The first-order chi connectivity index (χ1) is 7.36. The average molecular weight is 297 g/mol. The molecule has 0 radical (unpaired) electrons. The molecule has 1 atom stereocenters. The number of hydrogen-bond donors (Lipinski definition) is 0. The molecular weight excluding hydrogens is 292 g/mol. The van der Waals surface area contributed by atoms with Gasteiger partial charge >= 0.3 is 18.4 Å². The normalized spacial score (nSPS) is 16.1. The molecule has 2 nitrogen and oxygen atoms in total. The van der Waals surface area contributed by atoms with Crippen LogP contribution in [0.2, 0.25) is 0 Å². The van der Waals surface area contributed by atoms with E-state index in [0.717, 1.165) is 0 Å². The van der Waals surface area contributed by atoms with Gasteiger partial charge in [0.25, 0.3) is 5.63 Å². The van der Waals surface area contributed by atoms with E-state index in [0.29, 0.717) is 0 Å². The fourth-order valence-corrected chi connectivity index (χ4v) is 0.654. The molecule has 11 heteroatoms. The maximum Gasteiger partial charge on any atom is 0.412 e. The molecule has 0 unspecified atom stereocenters. The summed E-state index contributed by atoms with van der Waals surface area (Å²) < 4.78 is 101. The van der Waals surface area contributed by atoms with E-state index >= 15 is 0 Å². The lowest BCUT2D eigenvalue weighted by Crippen LogP contribution is -2.43. The topological polar surface area (TPSA) is 18.5 Å². The predicted molar refractivity (Wildman–Crippen MR) is 38.6 cm³/mol. The molecule has 0 rings (SSSR count). The van der Waals surface area contributed by atoms with Gasteiger partial charge in [0.1, 0.15) is 13.2 Å². The molecular formula is C6H5ClF8O2. The van der Waals surface area contributed by atoms with Gasteiger partial charge in [0.05, 0.1) is 0 Å². The summed E-state index contributed by atoms with van der Waals surface area (Å²) in [4.78, 5) is 0. The lowest BCUT2D eigenvalue weighted by Gasteiger charge is -2.26. The van der Waals surface area contributed by atoms with Crippen molar-refractivity contribution in [3.8, 4) is 0 Å². The zero-order valence-electron chi connectivity index (χ0n) is 7.71. The van der Waals surface area contributed by atoms with Gasteiger partial charge in [-0.3, -0.25) is 0 Å². The molecule has 0 saturated carbocycles. The van der Waals surface area contributed by atoms with E-state index in [2.05, 4.69) is 21.1 Å². The Morgan fingerprint density at radius 1 is 0.824 bits per heavy atom. The lowest BCUT2D eigenvalue weighted by atomic mass is 10.6. The van der Waals surface area contributed by atoms with Gasteiger partial charge in [-0.1, -0.05) is 11.6 Å². The first kappa shape index (κ1) is 16.6. The van der Waals surface area contributed by atoms with Crippen molar-refractivity contribution in [2.45, 2.75) is 24.0 Å². The van der Waals surface area contributed by atoms with E-state index in [1.807, 2.05) is 0 Å².